The first-order valence-electron chi connectivity index (χ1n) is 10.2. The Bertz CT molecular complexity index is 970. The summed E-state index contributed by atoms with van der Waals surface area (Å²) in [4.78, 5) is 26.6. The van der Waals surface area contributed by atoms with Gasteiger partial charge in [-0.15, -0.1) is 0 Å². The van der Waals surface area contributed by atoms with Crippen molar-refractivity contribution in [3.8, 4) is 17.2 Å². The minimum atomic E-state index is -0.769. The monoisotopic (exact) mass is 424 g/mol. The van der Waals surface area contributed by atoms with E-state index in [9.17, 15) is 9.59 Å². The first-order chi connectivity index (χ1) is 14.9. The van der Waals surface area contributed by atoms with Crippen molar-refractivity contribution in [2.75, 3.05) is 32.2 Å². The number of hydrogen-bond acceptors (Lipinski definition) is 5. The third-order valence-electron chi connectivity index (χ3n) is 4.76. The summed E-state index contributed by atoms with van der Waals surface area (Å²) >= 11 is 0. The Labute approximate surface area is 182 Å². The van der Waals surface area contributed by atoms with Crippen LogP contribution in [0, 0.1) is 5.92 Å². The van der Waals surface area contributed by atoms with Crippen molar-refractivity contribution in [2.24, 2.45) is 5.92 Å². The van der Waals surface area contributed by atoms with Crippen molar-refractivity contribution in [2.45, 2.75) is 20.0 Å². The number of benzene rings is 2. The molecule has 0 radical (unpaired) electrons. The minimum absolute atomic E-state index is 0.130. The molecule has 0 bridgehead atoms. The van der Waals surface area contributed by atoms with E-state index in [-0.39, 0.29) is 18.4 Å². The maximum absolute atomic E-state index is 13.0. The smallest absolute Gasteiger partial charge is 0.262 e. The molecular weight excluding hydrogens is 396 g/mol. The fourth-order valence-corrected chi connectivity index (χ4v) is 3.16. The van der Waals surface area contributed by atoms with Gasteiger partial charge in [0, 0.05) is 13.1 Å². The number of methoxy groups -OCH3 is 1. The molecule has 31 heavy (non-hydrogen) atoms. The second-order valence-electron chi connectivity index (χ2n) is 7.59. The molecule has 164 valence electrons. The van der Waals surface area contributed by atoms with E-state index in [1.54, 1.807) is 43.3 Å². The van der Waals surface area contributed by atoms with Gasteiger partial charge in [-0.2, -0.15) is 0 Å². The zero-order valence-electron chi connectivity index (χ0n) is 18.3. The number of carbonyl (C=O) groups excluding carboxylic acids is 2. The number of ether oxygens (including phenoxy) is 3. The van der Waals surface area contributed by atoms with Crippen molar-refractivity contribution >= 4 is 23.6 Å². The summed E-state index contributed by atoms with van der Waals surface area (Å²) in [5.41, 5.74) is 1.43. The third kappa shape index (κ3) is 5.36. The zero-order valence-corrected chi connectivity index (χ0v) is 18.3. The standard InChI is InChI=1S/C24H28N2O5/c1-16(2)15-30-20-11-9-17(13-21(20)29-4)10-12-23(27)26-14-22(24(28)25-3)31-19-8-6-5-7-18(19)26/h5-13,16,22H,14-15H2,1-4H3,(H,25,28)/b12-10+/t22-/m0/s1. The molecule has 1 aliphatic rings. The van der Waals surface area contributed by atoms with Crippen molar-refractivity contribution in [3.63, 3.8) is 0 Å². The van der Waals surface area contributed by atoms with E-state index >= 15 is 0 Å². The molecule has 0 fully saturated rings. The van der Waals surface area contributed by atoms with Crippen LogP contribution in [-0.2, 0) is 9.59 Å². The fourth-order valence-electron chi connectivity index (χ4n) is 3.16. The number of fused-ring (bicyclic) bond motifs is 1. The van der Waals surface area contributed by atoms with Gasteiger partial charge >= 0.3 is 0 Å². The number of para-hydroxylation sites is 2. The quantitative estimate of drug-likeness (QED) is 0.691. The Morgan fingerprint density at radius 1 is 1.23 bits per heavy atom. The molecule has 0 aliphatic carbocycles. The van der Waals surface area contributed by atoms with Crippen LogP contribution in [-0.4, -0.2) is 45.2 Å². The van der Waals surface area contributed by atoms with Crippen LogP contribution in [0.25, 0.3) is 6.08 Å². The SMILES string of the molecule is CNC(=O)[C@@H]1CN(C(=O)/C=C/c2ccc(OCC(C)C)c(OC)c2)c2ccccc2O1. The van der Waals surface area contributed by atoms with Gasteiger partial charge in [0.15, 0.2) is 17.6 Å². The van der Waals surface area contributed by atoms with E-state index in [1.807, 2.05) is 24.3 Å². The topological polar surface area (TPSA) is 77.1 Å². The summed E-state index contributed by atoms with van der Waals surface area (Å²) in [6, 6.07) is 12.7. The number of carbonyl (C=O) groups is 2. The number of hydrogen-bond donors (Lipinski definition) is 1. The van der Waals surface area contributed by atoms with Crippen LogP contribution in [0.2, 0.25) is 0 Å². The first kappa shape index (κ1) is 22.2. The molecule has 0 spiro atoms. The maximum atomic E-state index is 13.0. The first-order valence-corrected chi connectivity index (χ1v) is 10.2. The Kier molecular flexibility index (Phi) is 7.18. The van der Waals surface area contributed by atoms with Gasteiger partial charge in [0.05, 0.1) is 25.9 Å². The van der Waals surface area contributed by atoms with Gasteiger partial charge in [0.25, 0.3) is 11.8 Å². The Balaban J connectivity index is 1.79. The fraction of sp³-hybridized carbons (Fsp3) is 0.333. The second kappa shape index (κ2) is 10.0. The number of amides is 2. The van der Waals surface area contributed by atoms with Crippen molar-refractivity contribution in [1.29, 1.82) is 0 Å². The Hall–Kier alpha value is -3.48. The molecule has 0 saturated heterocycles. The summed E-state index contributed by atoms with van der Waals surface area (Å²) in [7, 11) is 3.12. The van der Waals surface area contributed by atoms with Gasteiger partial charge in [0.2, 0.25) is 0 Å². The number of anilines is 1. The highest BCUT2D eigenvalue weighted by molar-refractivity contribution is 6.05. The summed E-state index contributed by atoms with van der Waals surface area (Å²) in [6.07, 6.45) is 2.42. The predicted molar refractivity (Wildman–Crippen MR) is 120 cm³/mol. The van der Waals surface area contributed by atoms with Gasteiger partial charge < -0.3 is 24.4 Å². The van der Waals surface area contributed by atoms with Crippen molar-refractivity contribution in [3.05, 3.63) is 54.1 Å². The molecule has 1 heterocycles. The molecule has 2 aromatic rings. The largest absolute Gasteiger partial charge is 0.493 e. The third-order valence-corrected chi connectivity index (χ3v) is 4.76. The molecule has 7 nitrogen and oxygen atoms in total. The average Bonchev–Trinajstić information content (AvgIpc) is 2.79. The van der Waals surface area contributed by atoms with Crippen LogP contribution in [0.5, 0.6) is 17.2 Å². The maximum Gasteiger partial charge on any atom is 0.262 e. The minimum Gasteiger partial charge on any atom is -0.493 e. The highest BCUT2D eigenvalue weighted by Gasteiger charge is 2.32. The summed E-state index contributed by atoms with van der Waals surface area (Å²) in [6.45, 7) is 4.87. The highest BCUT2D eigenvalue weighted by atomic mass is 16.5. The lowest BCUT2D eigenvalue weighted by Crippen LogP contribution is -2.49. The predicted octanol–water partition coefficient (Wildman–Crippen LogP) is 3.28. The molecule has 0 unspecified atom stereocenters. The lowest BCUT2D eigenvalue weighted by Gasteiger charge is -2.33. The number of nitrogens with zero attached hydrogens (tertiary/aromatic N) is 1. The van der Waals surface area contributed by atoms with E-state index in [2.05, 4.69) is 19.2 Å². The molecule has 0 saturated carbocycles. The zero-order chi connectivity index (χ0) is 22.4. The van der Waals surface area contributed by atoms with Crippen LogP contribution in [0.4, 0.5) is 5.69 Å². The number of rotatable bonds is 7. The average molecular weight is 424 g/mol. The van der Waals surface area contributed by atoms with E-state index in [0.29, 0.717) is 35.5 Å². The second-order valence-corrected chi connectivity index (χ2v) is 7.59. The molecule has 1 atom stereocenters. The molecule has 3 rings (SSSR count). The Morgan fingerprint density at radius 2 is 2.00 bits per heavy atom. The molecule has 2 amide bonds. The number of likely N-dealkylation sites (N-methyl/N-ethyl adjacent to an activating group) is 1. The van der Waals surface area contributed by atoms with E-state index < -0.39 is 6.10 Å². The van der Waals surface area contributed by atoms with Gasteiger partial charge in [-0.3, -0.25) is 9.59 Å². The summed E-state index contributed by atoms with van der Waals surface area (Å²) in [5, 5.41) is 2.57. The molecule has 2 aromatic carbocycles. The van der Waals surface area contributed by atoms with Gasteiger partial charge in [-0.1, -0.05) is 32.0 Å². The van der Waals surface area contributed by atoms with Crippen LogP contribution >= 0.6 is 0 Å². The molecule has 1 N–H and O–H groups in total. The van der Waals surface area contributed by atoms with Crippen LogP contribution in [0.1, 0.15) is 19.4 Å². The molecule has 7 heteroatoms. The van der Waals surface area contributed by atoms with Crippen molar-refractivity contribution < 1.29 is 23.8 Å². The highest BCUT2D eigenvalue weighted by Crippen LogP contribution is 2.33. The normalized spacial score (nSPS) is 15.4. The van der Waals surface area contributed by atoms with Crippen LogP contribution in [0.3, 0.4) is 0 Å². The Morgan fingerprint density at radius 3 is 2.71 bits per heavy atom. The molecular formula is C24H28N2O5. The van der Waals surface area contributed by atoms with Gasteiger partial charge in [0.1, 0.15) is 5.75 Å². The van der Waals surface area contributed by atoms with Gasteiger partial charge in [-0.25, -0.2) is 0 Å². The summed E-state index contributed by atoms with van der Waals surface area (Å²) in [5.74, 6) is 1.64. The molecule has 1 aliphatic heterocycles. The lowest BCUT2D eigenvalue weighted by atomic mass is 10.1. The van der Waals surface area contributed by atoms with E-state index in [4.69, 9.17) is 14.2 Å². The van der Waals surface area contributed by atoms with Crippen LogP contribution < -0.4 is 24.4 Å². The number of nitrogens with one attached hydrogen (secondary N) is 1. The van der Waals surface area contributed by atoms with E-state index in [0.717, 1.165) is 5.56 Å². The van der Waals surface area contributed by atoms with Crippen LogP contribution in [0.15, 0.2) is 48.5 Å². The van der Waals surface area contributed by atoms with Crippen molar-refractivity contribution in [1.82, 2.24) is 5.32 Å². The summed E-state index contributed by atoms with van der Waals surface area (Å²) < 4.78 is 16.9. The lowest BCUT2D eigenvalue weighted by molar-refractivity contribution is -0.127. The van der Waals surface area contributed by atoms with Gasteiger partial charge in [-0.05, 0) is 41.8 Å². The van der Waals surface area contributed by atoms with E-state index in [1.165, 1.54) is 6.08 Å². The molecule has 0 aromatic heterocycles.